The lowest BCUT2D eigenvalue weighted by Gasteiger charge is -2.11. The van der Waals surface area contributed by atoms with Gasteiger partial charge in [0.25, 0.3) is 0 Å². The summed E-state index contributed by atoms with van der Waals surface area (Å²) in [6, 6.07) is 6.64. The number of nitrogens with one attached hydrogen (secondary N) is 2. The largest absolute Gasteiger partial charge is 0.507 e. The van der Waals surface area contributed by atoms with E-state index in [-0.39, 0.29) is 23.6 Å². The number of carbonyl (C=O) groups excluding carboxylic acids is 2. The van der Waals surface area contributed by atoms with Crippen molar-refractivity contribution in [3.63, 3.8) is 0 Å². The molecule has 1 aliphatic carbocycles. The average Bonchev–Trinajstić information content (AvgIpc) is 3.35. The number of hydrogen-bond acceptors (Lipinski definition) is 4. The van der Waals surface area contributed by atoms with Crippen molar-refractivity contribution < 1.29 is 14.7 Å². The summed E-state index contributed by atoms with van der Waals surface area (Å²) in [5.74, 6) is 0.0548. The minimum atomic E-state index is -0.236. The fourth-order valence-electron chi connectivity index (χ4n) is 3.62. The molecule has 1 saturated carbocycles. The zero-order valence-corrected chi connectivity index (χ0v) is 17.4. The molecule has 1 aliphatic rings. The maximum Gasteiger partial charge on any atom is 0.342 e. The SMILES string of the molecule is CCCNC(=O)n1nc(-c2ccc(NC(=O)C(C)C)cc2O)cc1C1CCCC1. The molecule has 3 rings (SSSR count). The molecule has 2 amide bonds. The first-order valence-electron chi connectivity index (χ1n) is 10.4. The summed E-state index contributed by atoms with van der Waals surface area (Å²) in [6.45, 7) is 6.21. The van der Waals surface area contributed by atoms with Crippen molar-refractivity contribution in [1.29, 1.82) is 0 Å². The van der Waals surface area contributed by atoms with Crippen LogP contribution in [0.5, 0.6) is 5.75 Å². The molecule has 0 atom stereocenters. The summed E-state index contributed by atoms with van der Waals surface area (Å²) in [6.07, 6.45) is 5.23. The third-order valence-electron chi connectivity index (χ3n) is 5.29. The number of phenols is 1. The lowest BCUT2D eigenvalue weighted by molar-refractivity contribution is -0.118. The molecule has 0 spiro atoms. The van der Waals surface area contributed by atoms with Gasteiger partial charge in [-0.2, -0.15) is 9.78 Å². The zero-order valence-electron chi connectivity index (χ0n) is 17.4. The second kappa shape index (κ2) is 9.11. The van der Waals surface area contributed by atoms with Crippen LogP contribution in [0.1, 0.15) is 64.5 Å². The number of aromatic hydroxyl groups is 1. The number of carbonyl (C=O) groups is 2. The van der Waals surface area contributed by atoms with Crippen LogP contribution in [0.4, 0.5) is 10.5 Å². The van der Waals surface area contributed by atoms with Crippen molar-refractivity contribution in [2.75, 3.05) is 11.9 Å². The second-order valence-corrected chi connectivity index (χ2v) is 7.96. The van der Waals surface area contributed by atoms with Gasteiger partial charge in [0.1, 0.15) is 5.75 Å². The minimum absolute atomic E-state index is 0.0168. The summed E-state index contributed by atoms with van der Waals surface area (Å²) in [7, 11) is 0. The van der Waals surface area contributed by atoms with E-state index < -0.39 is 0 Å². The van der Waals surface area contributed by atoms with Gasteiger partial charge in [-0.05, 0) is 37.5 Å². The smallest absolute Gasteiger partial charge is 0.342 e. The molecule has 2 aromatic rings. The van der Waals surface area contributed by atoms with Gasteiger partial charge in [0.15, 0.2) is 0 Å². The molecule has 3 N–H and O–H groups in total. The highest BCUT2D eigenvalue weighted by atomic mass is 16.3. The van der Waals surface area contributed by atoms with Crippen molar-refractivity contribution in [2.45, 2.75) is 58.8 Å². The lowest BCUT2D eigenvalue weighted by atomic mass is 10.0. The van der Waals surface area contributed by atoms with Gasteiger partial charge in [-0.25, -0.2) is 4.79 Å². The Labute approximate surface area is 171 Å². The molecule has 1 aromatic carbocycles. The van der Waals surface area contributed by atoms with Gasteiger partial charge >= 0.3 is 6.03 Å². The van der Waals surface area contributed by atoms with Crippen LogP contribution >= 0.6 is 0 Å². The molecule has 7 nitrogen and oxygen atoms in total. The number of rotatable bonds is 6. The molecule has 0 radical (unpaired) electrons. The van der Waals surface area contributed by atoms with Gasteiger partial charge in [-0.15, -0.1) is 0 Å². The molecule has 156 valence electrons. The number of aromatic nitrogens is 2. The van der Waals surface area contributed by atoms with Crippen molar-refractivity contribution in [3.05, 3.63) is 30.0 Å². The first-order valence-corrected chi connectivity index (χ1v) is 10.4. The molecule has 0 unspecified atom stereocenters. The molecule has 0 saturated heterocycles. The summed E-state index contributed by atoms with van der Waals surface area (Å²) in [5.41, 5.74) is 2.51. The molecular formula is C22H30N4O3. The van der Waals surface area contributed by atoms with Crippen LogP contribution in [-0.2, 0) is 4.79 Å². The standard InChI is InChI=1S/C22H30N4O3/c1-4-11-23-22(29)26-19(15-7-5-6-8-15)13-18(25-26)17-10-9-16(12-20(17)27)24-21(28)14(2)3/h9-10,12-15,27H,4-8,11H2,1-3H3,(H,23,29)(H,24,28). The van der Waals surface area contributed by atoms with E-state index in [1.54, 1.807) is 12.1 Å². The predicted octanol–water partition coefficient (Wildman–Crippen LogP) is 4.48. The van der Waals surface area contributed by atoms with Crippen LogP contribution < -0.4 is 10.6 Å². The maximum atomic E-state index is 12.6. The van der Waals surface area contributed by atoms with Gasteiger partial charge in [-0.3, -0.25) is 4.79 Å². The number of hydrogen-bond donors (Lipinski definition) is 3. The summed E-state index contributed by atoms with van der Waals surface area (Å²) >= 11 is 0. The Morgan fingerprint density at radius 1 is 1.24 bits per heavy atom. The van der Waals surface area contributed by atoms with Gasteiger partial charge in [0.05, 0.1) is 11.4 Å². The Morgan fingerprint density at radius 3 is 2.59 bits per heavy atom. The van der Waals surface area contributed by atoms with Crippen LogP contribution in [0.2, 0.25) is 0 Å². The van der Waals surface area contributed by atoms with Crippen LogP contribution in [0.3, 0.4) is 0 Å². The first-order chi connectivity index (χ1) is 13.9. The van der Waals surface area contributed by atoms with E-state index in [9.17, 15) is 14.7 Å². The molecule has 1 aromatic heterocycles. The number of nitrogens with zero attached hydrogens (tertiary/aromatic N) is 2. The van der Waals surface area contributed by atoms with E-state index in [1.165, 1.54) is 10.7 Å². The maximum absolute atomic E-state index is 12.6. The number of anilines is 1. The number of phenolic OH excluding ortho intramolecular Hbond substituents is 1. The minimum Gasteiger partial charge on any atom is -0.507 e. The van der Waals surface area contributed by atoms with E-state index in [0.29, 0.717) is 29.4 Å². The van der Waals surface area contributed by atoms with Crippen molar-refractivity contribution in [1.82, 2.24) is 15.1 Å². The Hall–Kier alpha value is -2.83. The monoisotopic (exact) mass is 398 g/mol. The Bertz CT molecular complexity index is 882. The summed E-state index contributed by atoms with van der Waals surface area (Å²) in [4.78, 5) is 24.5. The summed E-state index contributed by atoms with van der Waals surface area (Å²) < 4.78 is 1.45. The Morgan fingerprint density at radius 2 is 1.97 bits per heavy atom. The van der Waals surface area contributed by atoms with E-state index in [0.717, 1.165) is 37.8 Å². The molecule has 29 heavy (non-hydrogen) atoms. The van der Waals surface area contributed by atoms with Crippen molar-refractivity contribution in [3.8, 4) is 17.0 Å². The van der Waals surface area contributed by atoms with Crippen molar-refractivity contribution in [2.24, 2.45) is 5.92 Å². The molecule has 0 aliphatic heterocycles. The molecule has 1 heterocycles. The number of benzene rings is 1. The Balaban J connectivity index is 1.91. The van der Waals surface area contributed by atoms with Gasteiger partial charge in [-0.1, -0.05) is 33.6 Å². The van der Waals surface area contributed by atoms with Crippen LogP contribution in [0.25, 0.3) is 11.3 Å². The fourth-order valence-corrected chi connectivity index (χ4v) is 3.62. The van der Waals surface area contributed by atoms with Crippen LogP contribution in [-0.4, -0.2) is 33.4 Å². The Kier molecular flexibility index (Phi) is 6.56. The van der Waals surface area contributed by atoms with E-state index >= 15 is 0 Å². The molecule has 7 heteroatoms. The first kappa shape index (κ1) is 20.9. The topological polar surface area (TPSA) is 96.3 Å². The van der Waals surface area contributed by atoms with E-state index in [1.807, 2.05) is 26.8 Å². The third-order valence-corrected chi connectivity index (χ3v) is 5.29. The van der Waals surface area contributed by atoms with Crippen molar-refractivity contribution >= 4 is 17.6 Å². The molecular weight excluding hydrogens is 368 g/mol. The van der Waals surface area contributed by atoms with E-state index in [4.69, 9.17) is 0 Å². The fraction of sp³-hybridized carbons (Fsp3) is 0.500. The number of amides is 2. The van der Waals surface area contributed by atoms with Crippen LogP contribution in [0.15, 0.2) is 24.3 Å². The molecule has 0 bridgehead atoms. The third kappa shape index (κ3) is 4.78. The average molecular weight is 399 g/mol. The van der Waals surface area contributed by atoms with E-state index in [2.05, 4.69) is 15.7 Å². The van der Waals surface area contributed by atoms with Gasteiger partial charge in [0, 0.05) is 35.7 Å². The van der Waals surface area contributed by atoms with Gasteiger partial charge in [0.2, 0.25) is 5.91 Å². The summed E-state index contributed by atoms with van der Waals surface area (Å²) in [5, 5.41) is 20.7. The molecule has 1 fully saturated rings. The highest BCUT2D eigenvalue weighted by molar-refractivity contribution is 5.92. The van der Waals surface area contributed by atoms with Crippen LogP contribution in [0, 0.1) is 5.92 Å². The normalized spacial score (nSPS) is 14.3. The highest BCUT2D eigenvalue weighted by Crippen LogP contribution is 2.37. The predicted molar refractivity (Wildman–Crippen MR) is 113 cm³/mol. The second-order valence-electron chi connectivity index (χ2n) is 7.96. The highest BCUT2D eigenvalue weighted by Gasteiger charge is 2.26. The lowest BCUT2D eigenvalue weighted by Crippen LogP contribution is -2.31. The zero-order chi connectivity index (χ0) is 21.0. The quantitative estimate of drug-likeness (QED) is 0.669. The van der Waals surface area contributed by atoms with Gasteiger partial charge < -0.3 is 15.7 Å².